The minimum atomic E-state index is -2.14. The van der Waals surface area contributed by atoms with Crippen LogP contribution in [-0.4, -0.2) is 38.5 Å². The van der Waals surface area contributed by atoms with Gasteiger partial charge in [-0.1, -0.05) is 48.0 Å². The molecular weight excluding hydrogens is 610 g/mol. The predicted molar refractivity (Wildman–Crippen MR) is 159 cm³/mol. The number of benzene rings is 3. The van der Waals surface area contributed by atoms with Crippen LogP contribution in [0, 0.1) is 23.6 Å². The fourth-order valence-corrected chi connectivity index (χ4v) is 8.18. The van der Waals surface area contributed by atoms with Gasteiger partial charge in [0.15, 0.2) is 9.75 Å². The number of hydrogen-bond donors (Lipinski definition) is 2. The number of ether oxygens (including phenoxy) is 1. The summed E-state index contributed by atoms with van der Waals surface area (Å²) in [6.07, 6.45) is 1.77. The first-order chi connectivity index (χ1) is 21.0. The molecule has 2 saturated heterocycles. The van der Waals surface area contributed by atoms with Crippen molar-refractivity contribution >= 4 is 52.5 Å². The first-order valence-electron chi connectivity index (χ1n) is 14.1. The largest absolute Gasteiger partial charge is 0.508 e. The van der Waals surface area contributed by atoms with Gasteiger partial charge in [-0.05, 0) is 54.7 Å². The number of aromatic hydroxyl groups is 1. The van der Waals surface area contributed by atoms with Crippen LogP contribution in [-0.2, 0) is 25.8 Å². The first kappa shape index (κ1) is 28.6. The summed E-state index contributed by atoms with van der Waals surface area (Å²) in [7, 11) is 0. The number of phenolic OH excluding ortho intramolecular Hbond substituents is 1. The summed E-state index contributed by atoms with van der Waals surface area (Å²) < 4.78 is 19.6. The van der Waals surface area contributed by atoms with Crippen LogP contribution < -0.4 is 15.0 Å². The summed E-state index contributed by atoms with van der Waals surface area (Å²) in [5.74, 6) is -6.43. The van der Waals surface area contributed by atoms with Crippen LogP contribution in [0.15, 0.2) is 84.4 Å². The average Bonchev–Trinajstić information content (AvgIpc) is 3.38. The fraction of sp³-hybridized carbons (Fsp3) is 0.273. The van der Waals surface area contributed by atoms with Gasteiger partial charge in [-0.3, -0.25) is 24.5 Å². The fourth-order valence-electron chi connectivity index (χ4n) is 7.25. The molecule has 0 unspecified atom stereocenters. The lowest BCUT2D eigenvalue weighted by Gasteiger charge is -2.50. The molecular formula is C33H25Cl2FN2O6. The van der Waals surface area contributed by atoms with Crippen LogP contribution in [0.3, 0.4) is 0 Å². The highest BCUT2D eigenvalue weighted by atomic mass is 35.5. The van der Waals surface area contributed by atoms with Crippen LogP contribution in [0.5, 0.6) is 11.5 Å². The van der Waals surface area contributed by atoms with Crippen LogP contribution in [0.4, 0.5) is 10.1 Å². The van der Waals surface area contributed by atoms with Crippen molar-refractivity contribution in [1.29, 1.82) is 0 Å². The molecule has 3 aromatic carbocycles. The normalized spacial score (nSPS) is 30.8. The Balaban J connectivity index is 1.35. The lowest BCUT2D eigenvalue weighted by Crippen LogP contribution is -2.60. The summed E-state index contributed by atoms with van der Waals surface area (Å²) in [6.45, 7) is 0.242. The number of amides is 4. The van der Waals surface area contributed by atoms with Crippen molar-refractivity contribution in [2.24, 2.45) is 17.8 Å². The molecule has 4 amide bonds. The van der Waals surface area contributed by atoms with Gasteiger partial charge in [0.1, 0.15) is 23.9 Å². The van der Waals surface area contributed by atoms with Gasteiger partial charge in [-0.15, -0.1) is 23.2 Å². The Morgan fingerprint density at radius 1 is 0.932 bits per heavy atom. The molecule has 0 spiro atoms. The van der Waals surface area contributed by atoms with Crippen molar-refractivity contribution in [1.82, 2.24) is 5.32 Å². The van der Waals surface area contributed by atoms with Crippen molar-refractivity contribution < 1.29 is 33.4 Å². The van der Waals surface area contributed by atoms with Crippen LogP contribution in [0.1, 0.15) is 29.9 Å². The summed E-state index contributed by atoms with van der Waals surface area (Å²) in [5, 5.41) is 13.8. The third-order valence-electron chi connectivity index (χ3n) is 9.30. The Hall–Kier alpha value is -4.21. The number of nitrogens with one attached hydrogen (secondary N) is 1. The molecule has 0 bridgehead atoms. The van der Waals surface area contributed by atoms with E-state index in [0.717, 1.165) is 22.6 Å². The number of nitrogens with zero attached hydrogens (tertiary/aromatic N) is 1. The number of alkyl halides is 2. The molecule has 44 heavy (non-hydrogen) atoms. The van der Waals surface area contributed by atoms with E-state index in [1.54, 1.807) is 18.2 Å². The zero-order chi connectivity index (χ0) is 31.0. The molecule has 2 aliphatic heterocycles. The van der Waals surface area contributed by atoms with E-state index in [1.165, 1.54) is 18.2 Å². The van der Waals surface area contributed by atoms with Crippen molar-refractivity contribution in [2.45, 2.75) is 35.1 Å². The molecule has 224 valence electrons. The second-order valence-electron chi connectivity index (χ2n) is 11.6. The van der Waals surface area contributed by atoms with Gasteiger partial charge in [0.25, 0.3) is 11.8 Å². The monoisotopic (exact) mass is 634 g/mol. The summed E-state index contributed by atoms with van der Waals surface area (Å²) in [6, 6.07) is 18.8. The minimum Gasteiger partial charge on any atom is -0.508 e. The van der Waals surface area contributed by atoms with Gasteiger partial charge >= 0.3 is 0 Å². The molecule has 7 rings (SSSR count). The Kier molecular flexibility index (Phi) is 6.60. The summed E-state index contributed by atoms with van der Waals surface area (Å²) in [5.41, 5.74) is 1.74. The average molecular weight is 635 g/mol. The Morgan fingerprint density at radius 2 is 1.66 bits per heavy atom. The number of allylic oxidation sites excluding steroid dienone is 2. The Bertz CT molecular complexity index is 1770. The second-order valence-corrected chi connectivity index (χ2v) is 12.8. The number of imide groups is 2. The van der Waals surface area contributed by atoms with E-state index in [0.29, 0.717) is 11.3 Å². The number of anilines is 1. The molecule has 0 aromatic heterocycles. The number of hydrogen-bond acceptors (Lipinski definition) is 6. The van der Waals surface area contributed by atoms with E-state index in [9.17, 15) is 28.7 Å². The highest BCUT2D eigenvalue weighted by Gasteiger charge is 2.76. The molecule has 2 N–H and O–H groups in total. The lowest BCUT2D eigenvalue weighted by atomic mass is 9.56. The van der Waals surface area contributed by atoms with Gasteiger partial charge < -0.3 is 9.84 Å². The summed E-state index contributed by atoms with van der Waals surface area (Å²) >= 11 is 14.6. The molecule has 1 saturated carbocycles. The van der Waals surface area contributed by atoms with Crippen LogP contribution >= 0.6 is 23.2 Å². The SMILES string of the molecule is O=C1NC(=O)[C@H]2CC=C3[C@@H](C[C@@]4(Cl)C(=O)N(c5ccc(F)cc5)C(=O)[C@@]4(Cl)[C@H]3c3ccc(OCc4ccccc4)cc3O)[C@@H]12. The zero-order valence-corrected chi connectivity index (χ0v) is 24.5. The van der Waals surface area contributed by atoms with Gasteiger partial charge in [-0.2, -0.15) is 0 Å². The zero-order valence-electron chi connectivity index (χ0n) is 23.0. The van der Waals surface area contributed by atoms with Gasteiger partial charge in [0.05, 0.1) is 17.5 Å². The predicted octanol–water partition coefficient (Wildman–Crippen LogP) is 4.96. The van der Waals surface area contributed by atoms with E-state index < -0.39 is 62.9 Å². The Labute approximate surface area is 261 Å². The number of fused-ring (bicyclic) bond motifs is 4. The smallest absolute Gasteiger partial charge is 0.258 e. The van der Waals surface area contributed by atoms with Crippen LogP contribution in [0.25, 0.3) is 0 Å². The minimum absolute atomic E-state index is 0.0760. The van der Waals surface area contributed by atoms with Gasteiger partial charge in [-0.25, -0.2) is 9.29 Å². The number of halogens is 3. The molecule has 11 heteroatoms. The molecule has 3 aromatic rings. The molecule has 3 fully saturated rings. The van der Waals surface area contributed by atoms with E-state index in [1.807, 2.05) is 30.3 Å². The number of carbonyl (C=O) groups excluding carboxylic acids is 4. The number of phenols is 1. The van der Waals surface area contributed by atoms with E-state index in [-0.39, 0.29) is 36.4 Å². The standard InChI is InChI=1S/C33H25Cl2FN2O6/c34-32-15-24-21(12-13-23-26(24)29(41)37-28(23)40)27(22-11-10-20(14-25(22)39)44-16-17-4-2-1-3-5-17)33(32,35)31(43)38(30(32)42)19-8-6-18(36)7-9-19/h1-12,14,23-24,26-27,39H,13,15-16H2,(H,37,40,41)/t23-,24+,26-,27+,32+,33-/m0/s1. The summed E-state index contributed by atoms with van der Waals surface area (Å²) in [4.78, 5) is 50.8. The van der Waals surface area contributed by atoms with E-state index in [2.05, 4.69) is 5.32 Å². The highest BCUT2D eigenvalue weighted by Crippen LogP contribution is 2.66. The van der Waals surface area contributed by atoms with Crippen molar-refractivity contribution in [3.05, 3.63) is 101 Å². The quantitative estimate of drug-likeness (QED) is 0.233. The van der Waals surface area contributed by atoms with E-state index >= 15 is 0 Å². The number of carbonyl (C=O) groups is 4. The van der Waals surface area contributed by atoms with Crippen molar-refractivity contribution in [2.75, 3.05) is 4.90 Å². The maximum absolute atomic E-state index is 14.3. The first-order valence-corrected chi connectivity index (χ1v) is 14.9. The van der Waals surface area contributed by atoms with Gasteiger partial charge in [0, 0.05) is 17.5 Å². The molecule has 4 aliphatic rings. The highest BCUT2D eigenvalue weighted by molar-refractivity contribution is 6.58. The van der Waals surface area contributed by atoms with Crippen molar-refractivity contribution in [3.63, 3.8) is 0 Å². The Morgan fingerprint density at radius 3 is 2.36 bits per heavy atom. The lowest BCUT2D eigenvalue weighted by molar-refractivity contribution is -0.127. The third kappa shape index (κ3) is 4.02. The molecule has 2 aliphatic carbocycles. The molecule has 0 radical (unpaired) electrons. The molecule has 6 atom stereocenters. The molecule has 2 heterocycles. The van der Waals surface area contributed by atoms with Crippen molar-refractivity contribution in [3.8, 4) is 11.5 Å². The topological polar surface area (TPSA) is 113 Å². The second kappa shape index (κ2) is 10.2. The number of rotatable bonds is 5. The maximum atomic E-state index is 14.3. The third-order valence-corrected chi connectivity index (χ3v) is 10.7. The van der Waals surface area contributed by atoms with Gasteiger partial charge in [0.2, 0.25) is 11.8 Å². The van der Waals surface area contributed by atoms with Crippen LogP contribution in [0.2, 0.25) is 0 Å². The van der Waals surface area contributed by atoms with E-state index in [4.69, 9.17) is 27.9 Å². The maximum Gasteiger partial charge on any atom is 0.258 e. The molecule has 8 nitrogen and oxygen atoms in total.